The molecule has 0 spiro atoms. The minimum atomic E-state index is 0. The largest absolute Gasteiger partial charge is 0.354 e. The molecule has 2 heterocycles. The van der Waals surface area contributed by atoms with Crippen molar-refractivity contribution in [1.29, 1.82) is 0 Å². The van der Waals surface area contributed by atoms with Crippen molar-refractivity contribution in [1.82, 2.24) is 10.2 Å². The molecule has 1 aromatic rings. The number of nitrogens with zero attached hydrogens (tertiary/aromatic N) is 2. The number of halogens is 1. The molecule has 0 radical (unpaired) electrons. The summed E-state index contributed by atoms with van der Waals surface area (Å²) >= 11 is 1.83. The molecule has 1 N–H and O–H groups in total. The first kappa shape index (κ1) is 15.1. The average molecular weight is 391 g/mol. The maximum Gasteiger partial charge on any atom is 0.194 e. The lowest BCUT2D eigenvalue weighted by Crippen LogP contribution is -2.41. The fourth-order valence-electron chi connectivity index (χ4n) is 2.30. The van der Waals surface area contributed by atoms with E-state index in [1.54, 1.807) is 0 Å². The van der Waals surface area contributed by atoms with Crippen LogP contribution in [0.4, 0.5) is 0 Å². The normalized spacial score (nSPS) is 19.4. The van der Waals surface area contributed by atoms with Gasteiger partial charge in [-0.3, -0.25) is 4.99 Å². The lowest BCUT2D eigenvalue weighted by molar-refractivity contribution is 0.491. The second kappa shape index (κ2) is 7.47. The fraction of sp³-hybridized carbons (Fsp3) is 0.643. The van der Waals surface area contributed by atoms with Crippen molar-refractivity contribution in [3.63, 3.8) is 0 Å². The summed E-state index contributed by atoms with van der Waals surface area (Å²) in [4.78, 5) is 8.66. The third-order valence-corrected chi connectivity index (χ3v) is 4.45. The zero-order chi connectivity index (χ0) is 12.2. The Morgan fingerprint density at radius 1 is 1.37 bits per heavy atom. The van der Waals surface area contributed by atoms with Crippen LogP contribution in [0.3, 0.4) is 0 Å². The molecule has 0 amide bonds. The second-order valence-electron chi connectivity index (χ2n) is 5.15. The number of hydrogen-bond acceptors (Lipinski definition) is 2. The topological polar surface area (TPSA) is 27.6 Å². The first-order valence-electron chi connectivity index (χ1n) is 7.00. The Kier molecular flexibility index (Phi) is 5.94. The molecule has 106 valence electrons. The second-order valence-corrected chi connectivity index (χ2v) is 6.18. The SMILES string of the molecule is I.c1csc(CCN=C(NC2CC2)N2CCCC2)c1. The van der Waals surface area contributed by atoms with E-state index < -0.39 is 0 Å². The van der Waals surface area contributed by atoms with E-state index in [0.29, 0.717) is 6.04 Å². The van der Waals surface area contributed by atoms with Crippen LogP contribution in [0, 0.1) is 0 Å². The Balaban J connectivity index is 0.00000133. The van der Waals surface area contributed by atoms with Gasteiger partial charge in [-0.15, -0.1) is 35.3 Å². The molecule has 0 unspecified atom stereocenters. The predicted octanol–water partition coefficient (Wildman–Crippen LogP) is 3.11. The van der Waals surface area contributed by atoms with Gasteiger partial charge in [-0.05, 0) is 37.1 Å². The van der Waals surface area contributed by atoms with E-state index in [0.717, 1.165) is 18.9 Å². The fourth-order valence-corrected chi connectivity index (χ4v) is 3.00. The summed E-state index contributed by atoms with van der Waals surface area (Å²) in [7, 11) is 0. The first-order valence-corrected chi connectivity index (χ1v) is 7.88. The lowest BCUT2D eigenvalue weighted by atomic mass is 10.3. The third-order valence-electron chi connectivity index (χ3n) is 3.52. The quantitative estimate of drug-likeness (QED) is 0.485. The van der Waals surface area contributed by atoms with Gasteiger partial charge in [0.25, 0.3) is 0 Å². The number of thiophene rings is 1. The zero-order valence-electron chi connectivity index (χ0n) is 11.2. The van der Waals surface area contributed by atoms with Crippen LogP contribution in [0.25, 0.3) is 0 Å². The number of aliphatic imine (C=N–C) groups is 1. The van der Waals surface area contributed by atoms with Crippen molar-refractivity contribution < 1.29 is 0 Å². The summed E-state index contributed by atoms with van der Waals surface area (Å²) in [5.41, 5.74) is 0. The number of guanidine groups is 1. The molecule has 3 rings (SSSR count). The highest BCUT2D eigenvalue weighted by molar-refractivity contribution is 14.0. The van der Waals surface area contributed by atoms with Crippen molar-refractivity contribution in [3.05, 3.63) is 22.4 Å². The van der Waals surface area contributed by atoms with Crippen molar-refractivity contribution in [2.75, 3.05) is 19.6 Å². The average Bonchev–Trinajstić information content (AvgIpc) is 2.88. The van der Waals surface area contributed by atoms with Gasteiger partial charge in [-0.25, -0.2) is 0 Å². The zero-order valence-corrected chi connectivity index (χ0v) is 14.3. The molecule has 0 atom stereocenters. The van der Waals surface area contributed by atoms with E-state index >= 15 is 0 Å². The van der Waals surface area contributed by atoms with E-state index in [1.807, 2.05) is 11.3 Å². The van der Waals surface area contributed by atoms with Gasteiger partial charge in [-0.1, -0.05) is 6.07 Å². The van der Waals surface area contributed by atoms with Crippen LogP contribution in [-0.4, -0.2) is 36.5 Å². The summed E-state index contributed by atoms with van der Waals surface area (Å²) in [5.74, 6) is 1.16. The van der Waals surface area contributed by atoms with Gasteiger partial charge in [0.15, 0.2) is 5.96 Å². The van der Waals surface area contributed by atoms with Gasteiger partial charge in [0, 0.05) is 37.0 Å². The Labute approximate surface area is 136 Å². The molecular formula is C14H22IN3S. The maximum atomic E-state index is 4.80. The molecule has 1 aliphatic heterocycles. The molecule has 1 aromatic heterocycles. The lowest BCUT2D eigenvalue weighted by Gasteiger charge is -2.21. The maximum absolute atomic E-state index is 4.80. The van der Waals surface area contributed by atoms with Gasteiger partial charge in [0.1, 0.15) is 0 Å². The highest BCUT2D eigenvalue weighted by Crippen LogP contribution is 2.20. The van der Waals surface area contributed by atoms with E-state index in [-0.39, 0.29) is 24.0 Å². The summed E-state index contributed by atoms with van der Waals surface area (Å²) in [6, 6.07) is 5.02. The Hall–Kier alpha value is -0.300. The van der Waals surface area contributed by atoms with Crippen LogP contribution in [0.1, 0.15) is 30.6 Å². The predicted molar refractivity (Wildman–Crippen MR) is 92.7 cm³/mol. The summed E-state index contributed by atoms with van der Waals surface area (Å²) in [6.07, 6.45) is 6.34. The third kappa shape index (κ3) is 4.63. The first-order chi connectivity index (χ1) is 8.92. The van der Waals surface area contributed by atoms with Crippen molar-refractivity contribution in [3.8, 4) is 0 Å². The molecule has 0 bridgehead atoms. The highest BCUT2D eigenvalue weighted by atomic mass is 127. The van der Waals surface area contributed by atoms with Crippen LogP contribution >= 0.6 is 35.3 Å². The van der Waals surface area contributed by atoms with Crippen molar-refractivity contribution in [2.24, 2.45) is 4.99 Å². The molecule has 3 nitrogen and oxygen atoms in total. The van der Waals surface area contributed by atoms with Crippen LogP contribution < -0.4 is 5.32 Å². The molecule has 0 aromatic carbocycles. The van der Waals surface area contributed by atoms with Crippen LogP contribution in [0.5, 0.6) is 0 Å². The minimum absolute atomic E-state index is 0. The van der Waals surface area contributed by atoms with Crippen LogP contribution in [-0.2, 0) is 6.42 Å². The minimum Gasteiger partial charge on any atom is -0.354 e. The summed E-state index contributed by atoms with van der Waals surface area (Å²) in [6.45, 7) is 3.27. The highest BCUT2D eigenvalue weighted by Gasteiger charge is 2.25. The van der Waals surface area contributed by atoms with Gasteiger partial charge < -0.3 is 10.2 Å². The van der Waals surface area contributed by atoms with E-state index in [2.05, 4.69) is 27.7 Å². The molecular weight excluding hydrogens is 369 g/mol. The van der Waals surface area contributed by atoms with Gasteiger partial charge in [0.05, 0.1) is 0 Å². The molecule has 1 aliphatic carbocycles. The Morgan fingerprint density at radius 2 is 2.16 bits per heavy atom. The molecule has 2 fully saturated rings. The summed E-state index contributed by atoms with van der Waals surface area (Å²) in [5, 5.41) is 5.73. The Bertz CT molecular complexity index is 395. The molecule has 1 saturated heterocycles. The monoisotopic (exact) mass is 391 g/mol. The van der Waals surface area contributed by atoms with E-state index in [1.165, 1.54) is 43.6 Å². The van der Waals surface area contributed by atoms with Gasteiger partial charge in [0.2, 0.25) is 0 Å². The number of rotatable bonds is 4. The standard InChI is InChI=1S/C14H21N3S.HI/c1-2-10-17(9-1)14(16-12-5-6-12)15-8-7-13-4-3-11-18-13;/h3-4,11-12H,1-2,5-10H2,(H,15,16);1H. The van der Waals surface area contributed by atoms with Gasteiger partial charge in [-0.2, -0.15) is 0 Å². The van der Waals surface area contributed by atoms with Crippen LogP contribution in [0.15, 0.2) is 22.5 Å². The Morgan fingerprint density at radius 3 is 2.79 bits per heavy atom. The summed E-state index contributed by atoms with van der Waals surface area (Å²) < 4.78 is 0. The molecule has 2 aliphatic rings. The molecule has 5 heteroatoms. The van der Waals surface area contributed by atoms with Crippen LogP contribution in [0.2, 0.25) is 0 Å². The van der Waals surface area contributed by atoms with Crippen molar-refractivity contribution in [2.45, 2.75) is 38.1 Å². The molecule has 1 saturated carbocycles. The number of nitrogens with one attached hydrogen (secondary N) is 1. The number of likely N-dealkylation sites (tertiary alicyclic amines) is 1. The van der Waals surface area contributed by atoms with E-state index in [9.17, 15) is 0 Å². The van der Waals surface area contributed by atoms with E-state index in [4.69, 9.17) is 4.99 Å². The molecule has 19 heavy (non-hydrogen) atoms. The number of hydrogen-bond donors (Lipinski definition) is 1. The van der Waals surface area contributed by atoms with Gasteiger partial charge >= 0.3 is 0 Å². The smallest absolute Gasteiger partial charge is 0.194 e. The van der Waals surface area contributed by atoms with Crippen molar-refractivity contribution >= 4 is 41.3 Å².